The average molecular weight is 261 g/mol. The number of allylic oxidation sites excluding steroid dienone is 2. The quantitative estimate of drug-likeness (QED) is 0.348. The van der Waals surface area contributed by atoms with Crippen LogP contribution in [0.3, 0.4) is 0 Å². The van der Waals surface area contributed by atoms with Crippen LogP contribution >= 0.6 is 15.9 Å². The molecule has 1 N–H and O–H groups in total. The van der Waals surface area contributed by atoms with E-state index in [-0.39, 0.29) is 5.91 Å². The molecule has 2 unspecified atom stereocenters. The summed E-state index contributed by atoms with van der Waals surface area (Å²) >= 11 is 3.00. The highest BCUT2D eigenvalue weighted by Crippen LogP contribution is 2.28. The Morgan fingerprint density at radius 1 is 1.64 bits per heavy atom. The summed E-state index contributed by atoms with van der Waals surface area (Å²) in [5.74, 6) is -0.305. The van der Waals surface area contributed by atoms with Gasteiger partial charge in [-0.2, -0.15) is 0 Å². The lowest BCUT2D eigenvalue weighted by Gasteiger charge is -2.25. The molecule has 6 heteroatoms. The van der Waals surface area contributed by atoms with Gasteiger partial charge in [-0.15, -0.1) is 0 Å². The SMILES string of the molecule is CC(=O)NC1C=CC=CC1(Br)[N+](=O)[O-]. The van der Waals surface area contributed by atoms with E-state index >= 15 is 0 Å². The summed E-state index contributed by atoms with van der Waals surface area (Å²) < 4.78 is -1.44. The summed E-state index contributed by atoms with van der Waals surface area (Å²) in [7, 11) is 0. The van der Waals surface area contributed by atoms with Crippen molar-refractivity contribution in [2.45, 2.75) is 17.4 Å². The zero-order valence-corrected chi connectivity index (χ0v) is 9.02. The number of carbonyl (C=O) groups is 1. The molecule has 1 amide bonds. The normalized spacial score (nSPS) is 30.0. The van der Waals surface area contributed by atoms with Gasteiger partial charge in [-0.25, -0.2) is 0 Å². The minimum Gasteiger partial charge on any atom is -0.342 e. The Kier molecular flexibility index (Phi) is 3.05. The molecule has 0 aromatic rings. The zero-order chi connectivity index (χ0) is 10.8. The second-order valence-corrected chi connectivity index (χ2v) is 4.18. The molecular weight excluding hydrogens is 252 g/mol. The molecular formula is C8H9BrN2O3. The molecule has 0 bridgehead atoms. The molecule has 1 aliphatic rings. The lowest BCUT2D eigenvalue weighted by atomic mass is 10.0. The fraction of sp³-hybridized carbons (Fsp3) is 0.375. The molecule has 0 aromatic carbocycles. The maximum Gasteiger partial charge on any atom is 0.316 e. The Morgan fingerprint density at radius 3 is 2.79 bits per heavy atom. The van der Waals surface area contributed by atoms with Gasteiger partial charge in [-0.3, -0.25) is 14.9 Å². The van der Waals surface area contributed by atoms with Crippen LogP contribution in [0.1, 0.15) is 6.92 Å². The van der Waals surface area contributed by atoms with E-state index in [1.807, 2.05) is 0 Å². The molecule has 0 fully saturated rings. The summed E-state index contributed by atoms with van der Waals surface area (Å²) in [5, 5.41) is 13.3. The van der Waals surface area contributed by atoms with E-state index < -0.39 is 15.4 Å². The van der Waals surface area contributed by atoms with Gasteiger partial charge in [0, 0.05) is 33.9 Å². The number of nitrogens with zero attached hydrogens (tertiary/aromatic N) is 1. The van der Waals surface area contributed by atoms with Crippen LogP contribution < -0.4 is 5.32 Å². The van der Waals surface area contributed by atoms with Crippen molar-refractivity contribution in [1.29, 1.82) is 0 Å². The van der Waals surface area contributed by atoms with Gasteiger partial charge in [0.15, 0.2) is 0 Å². The second-order valence-electron chi connectivity index (χ2n) is 2.91. The Balaban J connectivity index is 2.92. The number of hydrogen-bond donors (Lipinski definition) is 1. The van der Waals surface area contributed by atoms with E-state index in [0.29, 0.717) is 0 Å². The minimum atomic E-state index is -1.44. The Bertz CT molecular complexity index is 327. The van der Waals surface area contributed by atoms with E-state index in [1.54, 1.807) is 18.2 Å². The molecule has 0 spiro atoms. The Morgan fingerprint density at radius 2 is 2.29 bits per heavy atom. The highest BCUT2D eigenvalue weighted by molar-refractivity contribution is 9.10. The van der Waals surface area contributed by atoms with Crippen LogP contribution in [0.5, 0.6) is 0 Å². The first-order valence-electron chi connectivity index (χ1n) is 3.93. The van der Waals surface area contributed by atoms with Crippen molar-refractivity contribution in [3.63, 3.8) is 0 Å². The molecule has 0 heterocycles. The highest BCUT2D eigenvalue weighted by Gasteiger charge is 2.46. The molecule has 0 aliphatic heterocycles. The third-order valence-electron chi connectivity index (χ3n) is 1.82. The molecule has 0 saturated heterocycles. The van der Waals surface area contributed by atoms with Crippen LogP contribution in [0.25, 0.3) is 0 Å². The van der Waals surface area contributed by atoms with Gasteiger partial charge in [-0.1, -0.05) is 18.2 Å². The third kappa shape index (κ3) is 2.01. The van der Waals surface area contributed by atoms with Crippen LogP contribution in [0.2, 0.25) is 0 Å². The van der Waals surface area contributed by atoms with Crippen molar-refractivity contribution < 1.29 is 9.72 Å². The van der Waals surface area contributed by atoms with Gasteiger partial charge in [0.2, 0.25) is 5.91 Å². The van der Waals surface area contributed by atoms with Crippen LogP contribution in [0, 0.1) is 10.1 Å². The third-order valence-corrected chi connectivity index (χ3v) is 2.87. The van der Waals surface area contributed by atoms with Crippen LogP contribution in [-0.4, -0.2) is 21.3 Å². The van der Waals surface area contributed by atoms with Gasteiger partial charge in [-0.05, 0) is 0 Å². The number of carbonyl (C=O) groups excluding carboxylic acids is 1. The van der Waals surface area contributed by atoms with Crippen molar-refractivity contribution in [3.05, 3.63) is 34.4 Å². The van der Waals surface area contributed by atoms with Gasteiger partial charge < -0.3 is 5.32 Å². The number of hydrogen-bond acceptors (Lipinski definition) is 3. The number of nitrogens with one attached hydrogen (secondary N) is 1. The van der Waals surface area contributed by atoms with E-state index in [2.05, 4.69) is 21.2 Å². The highest BCUT2D eigenvalue weighted by atomic mass is 79.9. The zero-order valence-electron chi connectivity index (χ0n) is 7.44. The minimum absolute atomic E-state index is 0.305. The molecule has 0 radical (unpaired) electrons. The molecule has 1 aliphatic carbocycles. The summed E-state index contributed by atoms with van der Waals surface area (Å²) in [6.07, 6.45) is 6.19. The molecule has 0 aromatic heterocycles. The first kappa shape index (κ1) is 10.9. The fourth-order valence-corrected chi connectivity index (χ4v) is 1.57. The van der Waals surface area contributed by atoms with Gasteiger partial charge >= 0.3 is 4.45 Å². The van der Waals surface area contributed by atoms with Crippen molar-refractivity contribution in [3.8, 4) is 0 Å². The number of halogens is 1. The number of alkyl halides is 1. The molecule has 1 rings (SSSR count). The molecule has 5 nitrogen and oxygen atoms in total. The summed E-state index contributed by atoms with van der Waals surface area (Å²) in [5.41, 5.74) is 0. The van der Waals surface area contributed by atoms with E-state index in [9.17, 15) is 14.9 Å². The number of amides is 1. The van der Waals surface area contributed by atoms with Crippen molar-refractivity contribution in [2.75, 3.05) is 0 Å². The molecule has 2 atom stereocenters. The lowest BCUT2D eigenvalue weighted by Crippen LogP contribution is -2.51. The van der Waals surface area contributed by atoms with Crippen LogP contribution in [0.15, 0.2) is 24.3 Å². The van der Waals surface area contributed by atoms with E-state index in [0.717, 1.165) is 0 Å². The predicted octanol–water partition coefficient (Wildman–Crippen LogP) is 0.985. The standard InChI is InChI=1S/C8H9BrN2O3/c1-6(12)10-7-4-2-3-5-8(7,9)11(13)14/h2-5,7H,1H3,(H,10,12). The number of nitro groups is 1. The summed E-state index contributed by atoms with van der Waals surface area (Å²) in [6, 6.07) is -0.667. The summed E-state index contributed by atoms with van der Waals surface area (Å²) in [6.45, 7) is 1.32. The average Bonchev–Trinajstić information content (AvgIpc) is 2.08. The smallest absolute Gasteiger partial charge is 0.316 e. The van der Waals surface area contributed by atoms with Gasteiger partial charge in [0.05, 0.1) is 0 Å². The maximum atomic E-state index is 10.8. The maximum absolute atomic E-state index is 10.8. The largest absolute Gasteiger partial charge is 0.342 e. The van der Waals surface area contributed by atoms with Gasteiger partial charge in [0.1, 0.15) is 6.04 Å². The van der Waals surface area contributed by atoms with E-state index in [1.165, 1.54) is 13.0 Å². The Hall–Kier alpha value is -1.17. The summed E-state index contributed by atoms with van der Waals surface area (Å²) in [4.78, 5) is 21.1. The fourth-order valence-electron chi connectivity index (χ4n) is 1.15. The molecule has 76 valence electrons. The number of rotatable bonds is 2. The predicted molar refractivity (Wildman–Crippen MR) is 54.5 cm³/mol. The van der Waals surface area contributed by atoms with Gasteiger partial charge in [0.25, 0.3) is 0 Å². The first-order valence-corrected chi connectivity index (χ1v) is 4.72. The van der Waals surface area contributed by atoms with Crippen LogP contribution in [-0.2, 0) is 4.79 Å². The Labute approximate surface area is 89.1 Å². The monoisotopic (exact) mass is 260 g/mol. The first-order chi connectivity index (χ1) is 6.47. The van der Waals surface area contributed by atoms with Crippen LogP contribution in [0.4, 0.5) is 0 Å². The lowest BCUT2D eigenvalue weighted by molar-refractivity contribution is -0.524. The van der Waals surface area contributed by atoms with Crippen molar-refractivity contribution in [1.82, 2.24) is 5.32 Å². The molecule has 14 heavy (non-hydrogen) atoms. The van der Waals surface area contributed by atoms with Crippen molar-refractivity contribution >= 4 is 21.8 Å². The molecule has 0 saturated carbocycles. The van der Waals surface area contributed by atoms with Crippen molar-refractivity contribution in [2.24, 2.45) is 0 Å². The topological polar surface area (TPSA) is 72.2 Å². The van der Waals surface area contributed by atoms with E-state index in [4.69, 9.17) is 0 Å². The second kappa shape index (κ2) is 3.91.